The van der Waals surface area contributed by atoms with Gasteiger partial charge in [-0.3, -0.25) is 0 Å². The van der Waals surface area contributed by atoms with E-state index in [2.05, 4.69) is 25.1 Å². The highest BCUT2D eigenvalue weighted by Crippen LogP contribution is 2.69. The van der Waals surface area contributed by atoms with Crippen molar-refractivity contribution in [2.75, 3.05) is 0 Å². The summed E-state index contributed by atoms with van der Waals surface area (Å²) in [4.78, 5) is 0. The molecule has 4 aliphatic carbocycles. The van der Waals surface area contributed by atoms with E-state index in [-0.39, 0.29) is 0 Å². The van der Waals surface area contributed by atoms with Crippen molar-refractivity contribution in [3.63, 3.8) is 0 Å². The van der Waals surface area contributed by atoms with E-state index in [1.54, 1.807) is 0 Å². The first-order valence-electron chi connectivity index (χ1n) is 8.40. The molecule has 0 aromatic carbocycles. The molecule has 0 N–H and O–H groups in total. The lowest BCUT2D eigenvalue weighted by molar-refractivity contribution is 0.0790. The normalized spacial score (nSPS) is 52.6. The van der Waals surface area contributed by atoms with Crippen molar-refractivity contribution in [3.8, 4) is 6.07 Å². The highest BCUT2D eigenvalue weighted by atomic mass is 14.7. The summed E-state index contributed by atoms with van der Waals surface area (Å²) < 4.78 is 0. The molecule has 102 valence electrons. The Labute approximate surface area is 117 Å². The predicted octanol–water partition coefficient (Wildman–Crippen LogP) is 4.41. The molecule has 0 aromatic heterocycles. The minimum Gasteiger partial charge on any atom is -0.198 e. The van der Waals surface area contributed by atoms with Crippen molar-refractivity contribution in [1.82, 2.24) is 0 Å². The van der Waals surface area contributed by atoms with E-state index in [0.29, 0.717) is 0 Å². The molecule has 8 atom stereocenters. The SMILES string of the molecule is CCC1C(CCCC#N)C2CC1C1C3C=CC(C3)C21. The van der Waals surface area contributed by atoms with Crippen molar-refractivity contribution >= 4 is 0 Å². The Morgan fingerprint density at radius 1 is 1.05 bits per heavy atom. The number of unbranched alkanes of at least 4 members (excludes halogenated alkanes) is 1. The topological polar surface area (TPSA) is 23.8 Å². The van der Waals surface area contributed by atoms with Crippen LogP contribution in [0.1, 0.15) is 45.4 Å². The minimum atomic E-state index is 0.768. The van der Waals surface area contributed by atoms with Gasteiger partial charge in [-0.2, -0.15) is 5.26 Å². The summed E-state index contributed by atoms with van der Waals surface area (Å²) in [6, 6.07) is 2.33. The van der Waals surface area contributed by atoms with Crippen LogP contribution in [0.25, 0.3) is 0 Å². The Morgan fingerprint density at radius 3 is 2.37 bits per heavy atom. The fourth-order valence-electron chi connectivity index (χ4n) is 6.74. The average Bonchev–Trinajstić information content (AvgIpc) is 3.16. The smallest absolute Gasteiger partial charge is 0.0621 e. The Hall–Kier alpha value is -0.770. The molecule has 3 fully saturated rings. The number of hydrogen-bond acceptors (Lipinski definition) is 1. The molecule has 4 aliphatic rings. The quantitative estimate of drug-likeness (QED) is 0.414. The van der Waals surface area contributed by atoms with Crippen LogP contribution in [-0.2, 0) is 0 Å². The van der Waals surface area contributed by atoms with Gasteiger partial charge in [0.05, 0.1) is 6.07 Å². The van der Waals surface area contributed by atoms with E-state index >= 15 is 0 Å². The molecule has 0 amide bonds. The van der Waals surface area contributed by atoms with E-state index in [9.17, 15) is 0 Å². The molecule has 0 heterocycles. The second-order valence-electron chi connectivity index (χ2n) is 7.45. The fraction of sp³-hybridized carbons (Fsp3) is 0.833. The van der Waals surface area contributed by atoms with Gasteiger partial charge < -0.3 is 0 Å². The Bertz CT molecular complexity index is 431. The zero-order valence-electron chi connectivity index (χ0n) is 12.0. The third kappa shape index (κ3) is 1.52. The average molecular weight is 255 g/mol. The summed E-state index contributed by atoms with van der Waals surface area (Å²) in [7, 11) is 0. The van der Waals surface area contributed by atoms with E-state index in [4.69, 9.17) is 5.26 Å². The Balaban J connectivity index is 1.55. The maximum Gasteiger partial charge on any atom is 0.0621 e. The van der Waals surface area contributed by atoms with Crippen LogP contribution in [0.15, 0.2) is 12.2 Å². The van der Waals surface area contributed by atoms with Gasteiger partial charge in [0.25, 0.3) is 0 Å². The van der Waals surface area contributed by atoms with Gasteiger partial charge in [0.15, 0.2) is 0 Å². The molecule has 19 heavy (non-hydrogen) atoms. The summed E-state index contributed by atoms with van der Waals surface area (Å²) in [5, 5.41) is 8.77. The maximum atomic E-state index is 8.77. The number of fused-ring (bicyclic) bond motifs is 9. The number of rotatable bonds is 4. The van der Waals surface area contributed by atoms with Gasteiger partial charge in [-0.15, -0.1) is 0 Å². The van der Waals surface area contributed by atoms with Gasteiger partial charge in [-0.05, 0) is 73.0 Å². The van der Waals surface area contributed by atoms with Crippen molar-refractivity contribution < 1.29 is 0 Å². The first-order valence-corrected chi connectivity index (χ1v) is 8.40. The van der Waals surface area contributed by atoms with Crippen molar-refractivity contribution in [2.45, 2.75) is 45.4 Å². The molecule has 0 saturated heterocycles. The molecule has 1 heteroatoms. The van der Waals surface area contributed by atoms with Crippen LogP contribution >= 0.6 is 0 Å². The van der Waals surface area contributed by atoms with E-state index < -0.39 is 0 Å². The second-order valence-corrected chi connectivity index (χ2v) is 7.45. The van der Waals surface area contributed by atoms with Gasteiger partial charge in [-0.1, -0.05) is 25.5 Å². The molecular formula is C18H25N. The van der Waals surface area contributed by atoms with E-state index in [1.165, 1.54) is 25.7 Å². The Morgan fingerprint density at radius 2 is 1.74 bits per heavy atom. The van der Waals surface area contributed by atoms with Crippen LogP contribution in [0.3, 0.4) is 0 Å². The summed E-state index contributed by atoms with van der Waals surface area (Å²) in [6.45, 7) is 2.40. The van der Waals surface area contributed by atoms with E-state index in [0.717, 1.165) is 60.2 Å². The number of hydrogen-bond donors (Lipinski definition) is 0. The molecular weight excluding hydrogens is 230 g/mol. The van der Waals surface area contributed by atoms with Crippen LogP contribution in [-0.4, -0.2) is 0 Å². The van der Waals surface area contributed by atoms with Gasteiger partial charge in [-0.25, -0.2) is 0 Å². The highest BCUT2D eigenvalue weighted by molar-refractivity contribution is 5.21. The zero-order valence-corrected chi connectivity index (χ0v) is 12.0. The summed E-state index contributed by atoms with van der Waals surface area (Å²) >= 11 is 0. The lowest BCUT2D eigenvalue weighted by Gasteiger charge is -2.42. The van der Waals surface area contributed by atoms with Crippen LogP contribution in [0.4, 0.5) is 0 Å². The highest BCUT2D eigenvalue weighted by Gasteiger charge is 2.63. The zero-order chi connectivity index (χ0) is 13.0. The second kappa shape index (κ2) is 4.37. The van der Waals surface area contributed by atoms with Crippen LogP contribution in [0.2, 0.25) is 0 Å². The van der Waals surface area contributed by atoms with Gasteiger partial charge in [0.2, 0.25) is 0 Å². The standard InChI is InChI=1S/C18H25N/c1-2-13-14(5-3-4-8-19)16-10-15(13)17-11-6-7-12(9-11)18(16)17/h6-7,11-18H,2-5,9-10H2,1H3. The number of nitriles is 1. The molecule has 0 aliphatic heterocycles. The third-order valence-corrected chi connectivity index (χ3v) is 7.06. The van der Waals surface area contributed by atoms with Crippen molar-refractivity contribution in [1.29, 1.82) is 5.26 Å². The first kappa shape index (κ1) is 12.0. The van der Waals surface area contributed by atoms with Gasteiger partial charge in [0, 0.05) is 6.42 Å². The largest absolute Gasteiger partial charge is 0.198 e. The molecule has 0 spiro atoms. The van der Waals surface area contributed by atoms with Crippen LogP contribution < -0.4 is 0 Å². The first-order chi connectivity index (χ1) is 9.35. The maximum absolute atomic E-state index is 8.77. The van der Waals surface area contributed by atoms with Crippen molar-refractivity contribution in [3.05, 3.63) is 12.2 Å². The summed E-state index contributed by atoms with van der Waals surface area (Å²) in [5.74, 6) is 7.95. The third-order valence-electron chi connectivity index (χ3n) is 7.06. The van der Waals surface area contributed by atoms with Gasteiger partial charge >= 0.3 is 0 Å². The fourth-order valence-corrected chi connectivity index (χ4v) is 6.74. The van der Waals surface area contributed by atoms with Crippen LogP contribution in [0, 0.1) is 58.7 Å². The van der Waals surface area contributed by atoms with Crippen LogP contribution in [0.5, 0.6) is 0 Å². The molecule has 4 rings (SSSR count). The minimum absolute atomic E-state index is 0.768. The summed E-state index contributed by atoms with van der Waals surface area (Å²) in [5.41, 5.74) is 0. The molecule has 8 unspecified atom stereocenters. The molecule has 1 nitrogen and oxygen atoms in total. The molecule has 0 radical (unpaired) electrons. The predicted molar refractivity (Wildman–Crippen MR) is 76.0 cm³/mol. The number of allylic oxidation sites excluding steroid dienone is 2. The number of nitrogens with zero attached hydrogens (tertiary/aromatic N) is 1. The lowest BCUT2D eigenvalue weighted by atomic mass is 9.63. The van der Waals surface area contributed by atoms with Crippen molar-refractivity contribution in [2.24, 2.45) is 47.3 Å². The van der Waals surface area contributed by atoms with E-state index in [1.807, 2.05) is 0 Å². The lowest BCUT2D eigenvalue weighted by Crippen LogP contribution is -2.36. The monoisotopic (exact) mass is 255 g/mol. The Kier molecular flexibility index (Phi) is 2.76. The molecule has 3 saturated carbocycles. The van der Waals surface area contributed by atoms with Gasteiger partial charge in [0.1, 0.15) is 0 Å². The molecule has 0 aromatic rings. The summed E-state index contributed by atoms with van der Waals surface area (Å²) in [6.07, 6.45) is 12.7. The molecule has 4 bridgehead atoms.